The first-order valence-electron chi connectivity index (χ1n) is 7.17. The molecular weight excluding hydrogens is 298 g/mol. The van der Waals surface area contributed by atoms with Crippen LogP contribution in [0, 0.1) is 0 Å². The van der Waals surface area contributed by atoms with Crippen molar-refractivity contribution >= 4 is 23.4 Å². The molecule has 0 aromatic heterocycles. The van der Waals surface area contributed by atoms with Gasteiger partial charge in [-0.15, -0.1) is 0 Å². The van der Waals surface area contributed by atoms with Crippen molar-refractivity contribution in [1.29, 1.82) is 0 Å². The number of carbonyl (C=O) groups is 3. The fourth-order valence-electron chi connectivity index (χ4n) is 2.16. The molecule has 1 aliphatic heterocycles. The number of β-amino-alcohol motifs (C(OH)–C–C–N with tert-alkyl or cyclic N) is 1. The van der Waals surface area contributed by atoms with Gasteiger partial charge in [-0.05, 0) is 17.7 Å². The largest absolute Gasteiger partial charge is 0.395 e. The van der Waals surface area contributed by atoms with E-state index in [4.69, 9.17) is 5.11 Å². The lowest BCUT2D eigenvalue weighted by molar-refractivity contribution is -0.137. The molecule has 2 N–H and O–H groups in total. The first kappa shape index (κ1) is 16.7. The highest BCUT2D eigenvalue weighted by atomic mass is 16.3. The molecule has 7 nitrogen and oxygen atoms in total. The molecule has 1 aromatic rings. The van der Waals surface area contributed by atoms with Crippen molar-refractivity contribution in [2.24, 2.45) is 0 Å². The molecule has 0 atom stereocenters. The van der Waals surface area contributed by atoms with E-state index in [1.54, 1.807) is 32.3 Å². The van der Waals surface area contributed by atoms with Crippen LogP contribution in [0.1, 0.15) is 5.56 Å². The van der Waals surface area contributed by atoms with Crippen LogP contribution in [0.25, 0.3) is 0 Å². The summed E-state index contributed by atoms with van der Waals surface area (Å²) in [5.74, 6) is -0.952. The maximum Gasteiger partial charge on any atom is 0.277 e. The predicted octanol–water partition coefficient (Wildman–Crippen LogP) is -0.0258. The number of likely N-dealkylation sites (N-methyl/N-ethyl adjacent to an activating group) is 1. The van der Waals surface area contributed by atoms with Gasteiger partial charge in [0.05, 0.1) is 19.6 Å². The number of hydrogen-bond acceptors (Lipinski definition) is 5. The summed E-state index contributed by atoms with van der Waals surface area (Å²) < 4.78 is 0. The van der Waals surface area contributed by atoms with Gasteiger partial charge in [-0.2, -0.15) is 0 Å². The first-order chi connectivity index (χ1) is 10.9. The zero-order valence-corrected chi connectivity index (χ0v) is 13.1. The predicted molar refractivity (Wildman–Crippen MR) is 84.4 cm³/mol. The number of hydrogen-bond donors (Lipinski definition) is 2. The van der Waals surface area contributed by atoms with Crippen molar-refractivity contribution in [2.75, 3.05) is 32.6 Å². The quantitative estimate of drug-likeness (QED) is 0.720. The van der Waals surface area contributed by atoms with Gasteiger partial charge in [0.15, 0.2) is 0 Å². The second-order valence-corrected chi connectivity index (χ2v) is 5.37. The number of nitrogens with one attached hydrogen (secondary N) is 1. The zero-order valence-electron chi connectivity index (χ0n) is 13.1. The summed E-state index contributed by atoms with van der Waals surface area (Å²) in [7, 11) is 3.38. The minimum absolute atomic E-state index is 0.0254. The Morgan fingerprint density at radius 3 is 2.70 bits per heavy atom. The van der Waals surface area contributed by atoms with E-state index in [2.05, 4.69) is 5.32 Å². The van der Waals surface area contributed by atoms with Crippen molar-refractivity contribution in [2.45, 2.75) is 6.42 Å². The topological polar surface area (TPSA) is 90.0 Å². The molecule has 1 heterocycles. The molecular formula is C16H19N3O4. The number of anilines is 1. The maximum absolute atomic E-state index is 12.1. The summed E-state index contributed by atoms with van der Waals surface area (Å²) in [5, 5.41) is 11.8. The van der Waals surface area contributed by atoms with Gasteiger partial charge in [0.2, 0.25) is 5.91 Å². The highest BCUT2D eigenvalue weighted by molar-refractivity contribution is 6.17. The van der Waals surface area contributed by atoms with Gasteiger partial charge < -0.3 is 15.3 Å². The molecule has 0 unspecified atom stereocenters. The van der Waals surface area contributed by atoms with Gasteiger partial charge in [-0.25, -0.2) is 0 Å². The van der Waals surface area contributed by atoms with Crippen molar-refractivity contribution in [3.63, 3.8) is 0 Å². The van der Waals surface area contributed by atoms with E-state index in [1.165, 1.54) is 11.0 Å². The zero-order chi connectivity index (χ0) is 17.0. The number of amides is 3. The van der Waals surface area contributed by atoms with Crippen LogP contribution in [0.3, 0.4) is 0 Å². The van der Waals surface area contributed by atoms with Crippen LogP contribution < -0.4 is 5.32 Å². The highest BCUT2D eigenvalue weighted by Gasteiger charge is 2.30. The second kappa shape index (κ2) is 7.06. The van der Waals surface area contributed by atoms with Crippen LogP contribution in [0.4, 0.5) is 5.69 Å². The third kappa shape index (κ3) is 3.95. The summed E-state index contributed by atoms with van der Waals surface area (Å²) in [6.07, 6.45) is 1.46. The van der Waals surface area contributed by atoms with Crippen LogP contribution in [0.5, 0.6) is 0 Å². The molecule has 23 heavy (non-hydrogen) atoms. The van der Waals surface area contributed by atoms with Gasteiger partial charge in [0.1, 0.15) is 5.70 Å². The van der Waals surface area contributed by atoms with Crippen molar-refractivity contribution in [1.82, 2.24) is 9.80 Å². The van der Waals surface area contributed by atoms with Crippen LogP contribution in [0.2, 0.25) is 0 Å². The molecule has 0 radical (unpaired) electrons. The van der Waals surface area contributed by atoms with Crippen LogP contribution in [-0.4, -0.2) is 59.9 Å². The van der Waals surface area contributed by atoms with E-state index in [9.17, 15) is 14.4 Å². The maximum atomic E-state index is 12.1. The summed E-state index contributed by atoms with van der Waals surface area (Å²) in [4.78, 5) is 38.0. The highest BCUT2D eigenvalue weighted by Crippen LogP contribution is 2.18. The van der Waals surface area contributed by atoms with Gasteiger partial charge in [0.25, 0.3) is 11.8 Å². The van der Waals surface area contributed by atoms with Crippen LogP contribution in [0.15, 0.2) is 36.0 Å². The normalized spacial score (nSPS) is 14.0. The molecule has 1 aliphatic rings. The van der Waals surface area contributed by atoms with Gasteiger partial charge in [-0.3, -0.25) is 19.3 Å². The number of benzene rings is 1. The lowest BCUT2D eigenvalue weighted by Gasteiger charge is -2.14. The molecule has 3 amide bonds. The average molecular weight is 317 g/mol. The number of rotatable bonds is 6. The van der Waals surface area contributed by atoms with Gasteiger partial charge in [-0.1, -0.05) is 12.1 Å². The summed E-state index contributed by atoms with van der Waals surface area (Å²) in [6.45, 7) is -0.308. The van der Waals surface area contributed by atoms with E-state index in [0.717, 1.165) is 10.5 Å². The molecule has 0 fully saturated rings. The molecule has 1 aromatic carbocycles. The minimum atomic E-state index is -0.473. The van der Waals surface area contributed by atoms with Crippen molar-refractivity contribution < 1.29 is 19.5 Å². The van der Waals surface area contributed by atoms with Crippen LogP contribution in [-0.2, 0) is 20.8 Å². The molecule has 7 heteroatoms. The lowest BCUT2D eigenvalue weighted by Crippen LogP contribution is -2.34. The van der Waals surface area contributed by atoms with E-state index in [1.807, 2.05) is 6.07 Å². The fourth-order valence-corrected chi connectivity index (χ4v) is 2.16. The third-order valence-corrected chi connectivity index (χ3v) is 3.39. The Balaban J connectivity index is 2.09. The molecule has 0 saturated carbocycles. The number of aliphatic hydroxyl groups is 1. The average Bonchev–Trinajstić information content (AvgIpc) is 2.75. The van der Waals surface area contributed by atoms with Gasteiger partial charge >= 0.3 is 0 Å². The summed E-state index contributed by atoms with van der Waals surface area (Å²) >= 11 is 0. The summed E-state index contributed by atoms with van der Waals surface area (Å²) in [5.41, 5.74) is 1.57. The Hall–Kier alpha value is -2.67. The van der Waals surface area contributed by atoms with Crippen molar-refractivity contribution in [3.8, 4) is 0 Å². The van der Waals surface area contributed by atoms with Crippen LogP contribution >= 0.6 is 0 Å². The molecule has 0 saturated heterocycles. The van der Waals surface area contributed by atoms with Gasteiger partial charge in [0, 0.05) is 25.9 Å². The lowest BCUT2D eigenvalue weighted by atomic mass is 10.1. The van der Waals surface area contributed by atoms with E-state index in [0.29, 0.717) is 5.69 Å². The van der Waals surface area contributed by atoms with E-state index < -0.39 is 11.8 Å². The monoisotopic (exact) mass is 317 g/mol. The molecule has 122 valence electrons. The number of carbonyl (C=O) groups excluding carboxylic acids is 3. The van der Waals surface area contributed by atoms with E-state index in [-0.39, 0.29) is 31.2 Å². The Morgan fingerprint density at radius 2 is 2.04 bits per heavy atom. The Morgan fingerprint density at radius 1 is 1.30 bits per heavy atom. The standard InChI is InChI=1S/C16H19N3O4/c1-18(2)14(21)9-11-4-3-5-12(8-11)17-13-10-15(22)19(6-7-20)16(13)23/h3-5,8,10,17,20H,6-7,9H2,1-2H3. The summed E-state index contributed by atoms with van der Waals surface area (Å²) in [6, 6.07) is 7.10. The number of imide groups is 1. The van der Waals surface area contributed by atoms with Crippen molar-refractivity contribution in [3.05, 3.63) is 41.6 Å². The Bertz CT molecular complexity index is 667. The van der Waals surface area contributed by atoms with E-state index >= 15 is 0 Å². The number of aliphatic hydroxyl groups excluding tert-OH is 1. The minimum Gasteiger partial charge on any atom is -0.395 e. The Kier molecular flexibility index (Phi) is 5.13. The SMILES string of the molecule is CN(C)C(=O)Cc1cccc(NC2=CC(=O)N(CCO)C2=O)c1. The second-order valence-electron chi connectivity index (χ2n) is 5.37. The fraction of sp³-hybridized carbons (Fsp3) is 0.312. The smallest absolute Gasteiger partial charge is 0.277 e. The first-order valence-corrected chi connectivity index (χ1v) is 7.17. The Labute approximate surface area is 134 Å². The third-order valence-electron chi connectivity index (χ3n) is 3.39. The number of nitrogens with zero attached hydrogens (tertiary/aromatic N) is 2. The molecule has 2 rings (SSSR count). The molecule has 0 aliphatic carbocycles. The molecule has 0 bridgehead atoms. The molecule has 0 spiro atoms.